The van der Waals surface area contributed by atoms with Crippen LogP contribution in [-0.2, 0) is 17.6 Å². The Balaban J connectivity index is 1.73. The average Bonchev–Trinajstić information content (AvgIpc) is 3.19. The molecule has 0 amide bonds. The fourth-order valence-electron chi connectivity index (χ4n) is 2.32. The summed E-state index contributed by atoms with van der Waals surface area (Å²) in [7, 11) is 0. The molecular weight excluding hydrogens is 299 g/mol. The molecule has 0 bridgehead atoms. The van der Waals surface area contributed by atoms with Crippen molar-refractivity contribution in [3.05, 3.63) is 71.3 Å². The van der Waals surface area contributed by atoms with Gasteiger partial charge in [0.15, 0.2) is 0 Å². The van der Waals surface area contributed by atoms with Gasteiger partial charge in [0.1, 0.15) is 12.1 Å². The molecule has 0 radical (unpaired) electrons. The zero-order valence-electron chi connectivity index (χ0n) is 12.0. The molecule has 0 fully saturated rings. The third kappa shape index (κ3) is 3.39. The number of hydrogen-bond donors (Lipinski definition) is 2. The van der Waals surface area contributed by atoms with Gasteiger partial charge in [-0.3, -0.25) is 14.7 Å². The van der Waals surface area contributed by atoms with Gasteiger partial charge in [0.05, 0.1) is 0 Å². The van der Waals surface area contributed by atoms with E-state index in [1.807, 2.05) is 0 Å². The van der Waals surface area contributed by atoms with Crippen LogP contribution in [0.25, 0.3) is 0 Å². The van der Waals surface area contributed by atoms with E-state index < -0.39 is 11.6 Å². The second-order valence-electron chi connectivity index (χ2n) is 5.06. The Morgan fingerprint density at radius 2 is 2.00 bits per heavy atom. The van der Waals surface area contributed by atoms with Crippen molar-refractivity contribution < 1.29 is 14.0 Å². The maximum atomic E-state index is 13.2. The molecule has 116 valence electrons. The fraction of sp³-hybridized carbons (Fsp3) is 0.125. The van der Waals surface area contributed by atoms with Crippen LogP contribution in [-0.4, -0.2) is 31.7 Å². The van der Waals surface area contributed by atoms with E-state index in [9.17, 15) is 14.0 Å². The normalized spacial score (nSPS) is 10.7. The standard InChI is InChI=1S/C16H13FN4O2/c17-13-3-1-2-10(5-13)4-11-7-18-8-12(11)6-14(22)15(23)16-19-9-20-21-16/h1-3,5,7-9,18H,4,6H2,(H,19,20,21). The molecule has 0 atom stereocenters. The van der Waals surface area contributed by atoms with Crippen LogP contribution in [0.3, 0.4) is 0 Å². The lowest BCUT2D eigenvalue weighted by Crippen LogP contribution is -2.18. The Labute approximate surface area is 130 Å². The van der Waals surface area contributed by atoms with E-state index in [0.29, 0.717) is 12.0 Å². The predicted molar refractivity (Wildman–Crippen MR) is 79.4 cm³/mol. The summed E-state index contributed by atoms with van der Waals surface area (Å²) in [6.45, 7) is 0. The minimum absolute atomic E-state index is 0.0540. The van der Waals surface area contributed by atoms with E-state index in [4.69, 9.17) is 0 Å². The number of carbonyl (C=O) groups excluding carboxylic acids is 2. The molecule has 1 aromatic carbocycles. The van der Waals surface area contributed by atoms with Gasteiger partial charge in [-0.15, -0.1) is 5.10 Å². The molecule has 2 N–H and O–H groups in total. The summed E-state index contributed by atoms with van der Waals surface area (Å²) in [5.74, 6) is -1.78. The summed E-state index contributed by atoms with van der Waals surface area (Å²) < 4.78 is 13.2. The van der Waals surface area contributed by atoms with E-state index in [1.165, 1.54) is 18.5 Å². The van der Waals surface area contributed by atoms with Crippen molar-refractivity contribution in [1.82, 2.24) is 20.2 Å². The molecule has 0 unspecified atom stereocenters. The number of nitrogens with one attached hydrogen (secondary N) is 2. The Morgan fingerprint density at radius 3 is 2.74 bits per heavy atom. The summed E-state index contributed by atoms with van der Waals surface area (Å²) >= 11 is 0. The number of aromatic nitrogens is 4. The minimum atomic E-state index is -0.732. The second kappa shape index (κ2) is 6.35. The number of benzene rings is 1. The summed E-state index contributed by atoms with van der Waals surface area (Å²) in [4.78, 5) is 30.5. The van der Waals surface area contributed by atoms with Crippen molar-refractivity contribution in [2.24, 2.45) is 0 Å². The van der Waals surface area contributed by atoms with Crippen molar-refractivity contribution in [3.63, 3.8) is 0 Å². The largest absolute Gasteiger partial charge is 0.367 e. The van der Waals surface area contributed by atoms with Crippen LogP contribution in [0.15, 0.2) is 43.0 Å². The first-order valence-corrected chi connectivity index (χ1v) is 6.96. The number of carbonyl (C=O) groups is 2. The van der Waals surface area contributed by atoms with Gasteiger partial charge in [0.25, 0.3) is 5.78 Å². The van der Waals surface area contributed by atoms with Gasteiger partial charge in [-0.1, -0.05) is 12.1 Å². The molecule has 2 heterocycles. The van der Waals surface area contributed by atoms with Crippen molar-refractivity contribution >= 4 is 11.6 Å². The van der Waals surface area contributed by atoms with Crippen LogP contribution in [0.1, 0.15) is 27.3 Å². The molecule has 6 nitrogen and oxygen atoms in total. The summed E-state index contributed by atoms with van der Waals surface area (Å²) in [6, 6.07) is 6.26. The first-order chi connectivity index (χ1) is 11.1. The average molecular weight is 312 g/mol. The molecule has 0 aliphatic carbocycles. The number of ketones is 2. The summed E-state index contributed by atoms with van der Waals surface area (Å²) in [6.07, 6.45) is 5.06. The molecule has 2 aromatic heterocycles. The van der Waals surface area contributed by atoms with E-state index in [1.54, 1.807) is 24.5 Å². The van der Waals surface area contributed by atoms with E-state index in [-0.39, 0.29) is 18.1 Å². The number of nitrogens with zero attached hydrogens (tertiary/aromatic N) is 2. The number of aromatic amines is 2. The second-order valence-corrected chi connectivity index (χ2v) is 5.06. The predicted octanol–water partition coefficient (Wildman–Crippen LogP) is 1.86. The summed E-state index contributed by atoms with van der Waals surface area (Å²) in [5.41, 5.74) is 2.33. The molecular formula is C16H13FN4O2. The minimum Gasteiger partial charge on any atom is -0.367 e. The van der Waals surface area contributed by atoms with Crippen LogP contribution in [0.4, 0.5) is 4.39 Å². The number of H-pyrrole nitrogens is 2. The van der Waals surface area contributed by atoms with Crippen LogP contribution in [0.5, 0.6) is 0 Å². The van der Waals surface area contributed by atoms with Gasteiger partial charge in [0, 0.05) is 18.8 Å². The van der Waals surface area contributed by atoms with Crippen molar-refractivity contribution in [1.29, 1.82) is 0 Å². The van der Waals surface area contributed by atoms with Gasteiger partial charge < -0.3 is 4.98 Å². The van der Waals surface area contributed by atoms with Crippen LogP contribution < -0.4 is 0 Å². The van der Waals surface area contributed by atoms with Gasteiger partial charge in [-0.2, -0.15) is 0 Å². The molecule has 7 heteroatoms. The number of halogens is 1. The zero-order valence-corrected chi connectivity index (χ0v) is 12.0. The van der Waals surface area contributed by atoms with E-state index in [0.717, 1.165) is 11.1 Å². The van der Waals surface area contributed by atoms with Crippen LogP contribution in [0.2, 0.25) is 0 Å². The van der Waals surface area contributed by atoms with Crippen LogP contribution >= 0.6 is 0 Å². The van der Waals surface area contributed by atoms with E-state index in [2.05, 4.69) is 20.2 Å². The van der Waals surface area contributed by atoms with Crippen molar-refractivity contribution in [2.75, 3.05) is 0 Å². The molecule has 0 aliphatic heterocycles. The lowest BCUT2D eigenvalue weighted by molar-refractivity contribution is -0.114. The molecule has 23 heavy (non-hydrogen) atoms. The maximum absolute atomic E-state index is 13.2. The lowest BCUT2D eigenvalue weighted by atomic mass is 10.00. The molecule has 3 rings (SSSR count). The molecule has 0 saturated carbocycles. The highest BCUT2D eigenvalue weighted by molar-refractivity contribution is 6.43. The number of Topliss-reactive ketones (excluding diaryl/α,β-unsaturated/α-hetero) is 2. The fourth-order valence-corrected chi connectivity index (χ4v) is 2.32. The molecule has 3 aromatic rings. The maximum Gasteiger partial charge on any atom is 0.267 e. The Bertz CT molecular complexity index is 839. The molecule has 0 saturated heterocycles. The quantitative estimate of drug-likeness (QED) is 0.537. The van der Waals surface area contributed by atoms with E-state index >= 15 is 0 Å². The van der Waals surface area contributed by atoms with Gasteiger partial charge in [-0.05, 0) is 35.2 Å². The molecule has 0 spiro atoms. The number of rotatable bonds is 6. The first kappa shape index (κ1) is 14.8. The van der Waals surface area contributed by atoms with Gasteiger partial charge in [-0.25, -0.2) is 9.37 Å². The van der Waals surface area contributed by atoms with Gasteiger partial charge in [0.2, 0.25) is 11.6 Å². The Kier molecular flexibility index (Phi) is 4.09. The number of hydrogen-bond acceptors (Lipinski definition) is 4. The third-order valence-corrected chi connectivity index (χ3v) is 3.43. The third-order valence-electron chi connectivity index (χ3n) is 3.43. The highest BCUT2D eigenvalue weighted by atomic mass is 19.1. The first-order valence-electron chi connectivity index (χ1n) is 6.96. The SMILES string of the molecule is O=C(Cc1c[nH]cc1Cc1cccc(F)c1)C(=O)c1nc[nH]n1. The topological polar surface area (TPSA) is 91.5 Å². The smallest absolute Gasteiger partial charge is 0.267 e. The zero-order chi connectivity index (χ0) is 16.2. The van der Waals surface area contributed by atoms with Crippen LogP contribution in [0, 0.1) is 5.82 Å². The van der Waals surface area contributed by atoms with Crippen molar-refractivity contribution in [3.8, 4) is 0 Å². The molecule has 0 aliphatic rings. The monoisotopic (exact) mass is 312 g/mol. The Morgan fingerprint density at radius 1 is 1.17 bits per heavy atom. The van der Waals surface area contributed by atoms with Gasteiger partial charge >= 0.3 is 0 Å². The lowest BCUT2D eigenvalue weighted by Gasteiger charge is -2.03. The summed E-state index contributed by atoms with van der Waals surface area (Å²) in [5, 5.41) is 6.01. The Hall–Kier alpha value is -3.09. The highest BCUT2D eigenvalue weighted by Gasteiger charge is 2.21. The highest BCUT2D eigenvalue weighted by Crippen LogP contribution is 2.16. The van der Waals surface area contributed by atoms with Crippen molar-refractivity contribution in [2.45, 2.75) is 12.8 Å².